The van der Waals surface area contributed by atoms with Gasteiger partial charge < -0.3 is 21.1 Å². The number of nitrogens with zero attached hydrogens (tertiary/aromatic N) is 4. The van der Waals surface area contributed by atoms with Gasteiger partial charge in [0.1, 0.15) is 11.4 Å². The van der Waals surface area contributed by atoms with Crippen molar-refractivity contribution in [3.05, 3.63) is 41.8 Å². The van der Waals surface area contributed by atoms with Gasteiger partial charge >= 0.3 is 6.09 Å². The normalized spacial score (nSPS) is 20.5. The summed E-state index contributed by atoms with van der Waals surface area (Å²) >= 11 is 0. The van der Waals surface area contributed by atoms with Crippen LogP contribution in [0, 0.1) is 35.4 Å². The van der Waals surface area contributed by atoms with Gasteiger partial charge in [-0.3, -0.25) is 9.48 Å². The Morgan fingerprint density at radius 2 is 2.10 bits per heavy atom. The molecule has 0 radical (unpaired) electrons. The maximum absolute atomic E-state index is 13.2. The second kappa shape index (κ2) is 9.18. The van der Waals surface area contributed by atoms with Crippen LogP contribution in [0.5, 0.6) is 0 Å². The molecule has 1 aromatic carbocycles. The van der Waals surface area contributed by atoms with Gasteiger partial charge in [-0.1, -0.05) is 0 Å². The number of nitrogens with one attached hydrogen (secondary N) is 1. The van der Waals surface area contributed by atoms with Crippen LogP contribution in [0.25, 0.3) is 0 Å². The molecule has 9 nitrogen and oxygen atoms in total. The Morgan fingerprint density at radius 1 is 1.39 bits per heavy atom. The Kier molecular flexibility index (Phi) is 6.41. The van der Waals surface area contributed by atoms with Gasteiger partial charge in [0.25, 0.3) is 5.91 Å². The fourth-order valence-corrected chi connectivity index (χ4v) is 3.84. The zero-order valence-corrected chi connectivity index (χ0v) is 16.5. The number of benzene rings is 1. The first kappa shape index (κ1) is 21.7. The van der Waals surface area contributed by atoms with Crippen LogP contribution < -0.4 is 11.1 Å². The summed E-state index contributed by atoms with van der Waals surface area (Å²) in [5.41, 5.74) is 6.09. The lowest BCUT2D eigenvalue weighted by atomic mass is 9.83. The van der Waals surface area contributed by atoms with E-state index >= 15 is 0 Å². The number of piperidine rings is 1. The predicted octanol–water partition coefficient (Wildman–Crippen LogP) is 2.71. The van der Waals surface area contributed by atoms with Gasteiger partial charge in [-0.05, 0) is 37.1 Å². The number of hydrogen-bond donors (Lipinski definition) is 3. The van der Waals surface area contributed by atoms with Crippen molar-refractivity contribution in [3.8, 4) is 18.4 Å². The van der Waals surface area contributed by atoms with Gasteiger partial charge in [-0.2, -0.15) is 10.4 Å². The second-order valence-electron chi connectivity index (χ2n) is 7.16. The monoisotopic (exact) mass is 424 g/mol. The van der Waals surface area contributed by atoms with E-state index in [1.165, 1.54) is 40.0 Å². The quantitative estimate of drug-likeness (QED) is 0.610. The van der Waals surface area contributed by atoms with Crippen molar-refractivity contribution in [2.45, 2.75) is 31.3 Å². The highest BCUT2D eigenvalue weighted by atomic mass is 19.1. The van der Waals surface area contributed by atoms with Gasteiger partial charge in [0.05, 0.1) is 24.1 Å². The third kappa shape index (κ3) is 4.59. The molecule has 3 atom stereocenters. The molecule has 160 valence electrons. The van der Waals surface area contributed by atoms with Crippen LogP contribution >= 0.6 is 0 Å². The number of halogens is 1. The van der Waals surface area contributed by atoms with Gasteiger partial charge in [0.15, 0.2) is 5.82 Å². The molecule has 1 saturated heterocycles. The molecule has 10 heteroatoms. The summed E-state index contributed by atoms with van der Waals surface area (Å²) in [5.74, 6) is 0.786. The Balaban J connectivity index is 1.94. The Labute approximate surface area is 178 Å². The standard InChI is InChI=1S/C21H21FN6O3/c1-2-3-4-17-15(11-23)18(9-10-27(17)21(30)31)28-12-16(19(24)29)20(26-28)25-14-7-5-13(22)6-8-14/h1,5-8,12,15,17-18H,3-4,9-10H2,(H2,24,29)(H,25,26)(H,30,31)/t15-,17?,18+/m0/s1. The number of carboxylic acid groups (broad SMARTS) is 1. The summed E-state index contributed by atoms with van der Waals surface area (Å²) in [6.45, 7) is 0.194. The molecule has 2 aromatic rings. The molecule has 31 heavy (non-hydrogen) atoms. The molecule has 0 spiro atoms. The Morgan fingerprint density at radius 3 is 2.68 bits per heavy atom. The van der Waals surface area contributed by atoms with E-state index in [1.54, 1.807) is 0 Å². The molecule has 1 aromatic heterocycles. The van der Waals surface area contributed by atoms with E-state index < -0.39 is 35.8 Å². The van der Waals surface area contributed by atoms with E-state index in [4.69, 9.17) is 12.2 Å². The average molecular weight is 424 g/mol. The van der Waals surface area contributed by atoms with Crippen LogP contribution in [0.2, 0.25) is 0 Å². The minimum absolute atomic E-state index is 0.0989. The smallest absolute Gasteiger partial charge is 0.407 e. The highest BCUT2D eigenvalue weighted by Gasteiger charge is 2.41. The van der Waals surface area contributed by atoms with E-state index in [9.17, 15) is 24.3 Å². The van der Waals surface area contributed by atoms with E-state index in [-0.39, 0.29) is 17.9 Å². The predicted molar refractivity (Wildman–Crippen MR) is 110 cm³/mol. The molecule has 2 amide bonds. The minimum atomic E-state index is -1.11. The van der Waals surface area contributed by atoms with Crippen molar-refractivity contribution in [2.24, 2.45) is 11.7 Å². The molecular formula is C21H21FN6O3. The molecule has 1 unspecified atom stereocenters. The van der Waals surface area contributed by atoms with Crippen LogP contribution in [-0.2, 0) is 0 Å². The fourth-order valence-electron chi connectivity index (χ4n) is 3.84. The summed E-state index contributed by atoms with van der Waals surface area (Å²) in [6.07, 6.45) is 6.65. The van der Waals surface area contributed by atoms with Crippen LogP contribution in [0.4, 0.5) is 20.7 Å². The third-order valence-electron chi connectivity index (χ3n) is 5.32. The average Bonchev–Trinajstić information content (AvgIpc) is 3.16. The lowest BCUT2D eigenvalue weighted by molar-refractivity contribution is 0.0638. The summed E-state index contributed by atoms with van der Waals surface area (Å²) in [6, 6.07) is 6.59. The number of anilines is 2. The SMILES string of the molecule is C#CCCC1[C@H](C#N)[C@H](n2cc(C(N)=O)c(Nc3ccc(F)cc3)n2)CCN1C(=O)O. The molecule has 0 aliphatic carbocycles. The maximum atomic E-state index is 13.2. The largest absolute Gasteiger partial charge is 0.465 e. The molecule has 3 rings (SSSR count). The summed E-state index contributed by atoms with van der Waals surface area (Å²) in [4.78, 5) is 24.8. The summed E-state index contributed by atoms with van der Waals surface area (Å²) < 4.78 is 14.6. The lowest BCUT2D eigenvalue weighted by Crippen LogP contribution is -2.51. The number of primary amides is 1. The number of likely N-dealkylation sites (tertiary alicyclic amines) is 1. The first-order valence-corrected chi connectivity index (χ1v) is 9.60. The number of rotatable bonds is 6. The molecule has 1 aliphatic rings. The van der Waals surface area contributed by atoms with Crippen molar-refractivity contribution < 1.29 is 19.1 Å². The number of nitriles is 1. The Hall–Kier alpha value is -4.05. The van der Waals surface area contributed by atoms with Crippen LogP contribution in [0.15, 0.2) is 30.5 Å². The van der Waals surface area contributed by atoms with Crippen molar-refractivity contribution in [3.63, 3.8) is 0 Å². The van der Waals surface area contributed by atoms with Gasteiger partial charge in [0, 0.05) is 24.8 Å². The molecule has 1 fully saturated rings. The fraction of sp³-hybridized carbons (Fsp3) is 0.333. The lowest BCUT2D eigenvalue weighted by Gasteiger charge is -2.41. The van der Waals surface area contributed by atoms with Gasteiger partial charge in [-0.25, -0.2) is 9.18 Å². The number of nitrogens with two attached hydrogens (primary N) is 1. The molecule has 0 bridgehead atoms. The van der Waals surface area contributed by atoms with Crippen LogP contribution in [0.1, 0.15) is 35.7 Å². The van der Waals surface area contributed by atoms with E-state index in [0.29, 0.717) is 24.9 Å². The molecule has 4 N–H and O–H groups in total. The summed E-state index contributed by atoms with van der Waals surface area (Å²) in [5, 5.41) is 26.7. The van der Waals surface area contributed by atoms with Gasteiger partial charge in [-0.15, -0.1) is 12.3 Å². The zero-order chi connectivity index (χ0) is 22.5. The number of terminal acetylenes is 1. The summed E-state index contributed by atoms with van der Waals surface area (Å²) in [7, 11) is 0. The minimum Gasteiger partial charge on any atom is -0.465 e. The van der Waals surface area contributed by atoms with E-state index in [1.807, 2.05) is 0 Å². The highest BCUT2D eigenvalue weighted by Crippen LogP contribution is 2.36. The second-order valence-corrected chi connectivity index (χ2v) is 7.16. The van der Waals surface area contributed by atoms with Gasteiger partial charge in [0.2, 0.25) is 0 Å². The van der Waals surface area contributed by atoms with Crippen LogP contribution in [0.3, 0.4) is 0 Å². The maximum Gasteiger partial charge on any atom is 0.407 e. The molecule has 2 heterocycles. The number of carbonyl (C=O) groups is 2. The van der Waals surface area contributed by atoms with E-state index in [0.717, 1.165) is 0 Å². The third-order valence-corrected chi connectivity index (χ3v) is 5.32. The first-order valence-electron chi connectivity index (χ1n) is 9.60. The number of hydrogen-bond acceptors (Lipinski definition) is 5. The van der Waals surface area contributed by atoms with E-state index in [2.05, 4.69) is 22.4 Å². The van der Waals surface area contributed by atoms with Crippen LogP contribution in [-0.4, -0.2) is 44.4 Å². The Bertz CT molecular complexity index is 1050. The molecule has 0 saturated carbocycles. The van der Waals surface area contributed by atoms with Crippen molar-refractivity contribution in [1.29, 1.82) is 5.26 Å². The topological polar surface area (TPSA) is 137 Å². The first-order chi connectivity index (χ1) is 14.8. The van der Waals surface area contributed by atoms with Crippen molar-refractivity contribution in [1.82, 2.24) is 14.7 Å². The number of amides is 2. The molecular weight excluding hydrogens is 403 g/mol. The molecule has 1 aliphatic heterocycles. The van der Waals surface area contributed by atoms with Crippen molar-refractivity contribution >= 4 is 23.5 Å². The highest BCUT2D eigenvalue weighted by molar-refractivity contribution is 5.98. The van der Waals surface area contributed by atoms with Crippen molar-refractivity contribution in [2.75, 3.05) is 11.9 Å². The number of carbonyl (C=O) groups excluding carboxylic acids is 1. The number of aromatic nitrogens is 2. The zero-order valence-electron chi connectivity index (χ0n) is 16.5.